The Labute approximate surface area is 225 Å². The summed E-state index contributed by atoms with van der Waals surface area (Å²) in [4.78, 5) is 0. The van der Waals surface area contributed by atoms with E-state index in [0.717, 1.165) is 16.7 Å². The van der Waals surface area contributed by atoms with Crippen LogP contribution >= 0.6 is 46.6 Å². The fraction of sp³-hybridized carbons (Fsp3) is 0.333. The third kappa shape index (κ3) is 7.85. The summed E-state index contributed by atoms with van der Waals surface area (Å²) in [5.74, 6) is 0. The second kappa shape index (κ2) is 13.3. The van der Waals surface area contributed by atoms with Gasteiger partial charge in [-0.05, 0) is 53.1 Å². The van der Waals surface area contributed by atoms with Crippen molar-refractivity contribution in [1.82, 2.24) is 0 Å². The molecule has 4 rings (SSSR count). The highest BCUT2D eigenvalue weighted by Gasteiger charge is 2.46. The minimum Gasteiger partial charge on any atom is -0.376 e. The summed E-state index contributed by atoms with van der Waals surface area (Å²) in [7, 11) is 1.70. The van der Waals surface area contributed by atoms with Crippen molar-refractivity contribution >= 4 is 46.6 Å². The van der Waals surface area contributed by atoms with Crippen LogP contribution in [0.25, 0.3) is 0 Å². The van der Waals surface area contributed by atoms with Gasteiger partial charge in [0.05, 0.1) is 31.7 Å². The van der Waals surface area contributed by atoms with E-state index in [1.807, 2.05) is 72.8 Å². The number of benzene rings is 3. The van der Waals surface area contributed by atoms with Gasteiger partial charge < -0.3 is 18.9 Å². The predicted molar refractivity (Wildman–Crippen MR) is 143 cm³/mol. The zero-order chi connectivity index (χ0) is 24.6. The van der Waals surface area contributed by atoms with Gasteiger partial charge in [0, 0.05) is 22.2 Å². The molecule has 1 heterocycles. The van der Waals surface area contributed by atoms with Crippen LogP contribution in [0.5, 0.6) is 0 Å². The second-order valence-electron chi connectivity index (χ2n) is 8.22. The molecule has 1 saturated heterocycles. The Morgan fingerprint density at radius 2 is 1.06 bits per heavy atom. The molecule has 1 unspecified atom stereocenters. The summed E-state index contributed by atoms with van der Waals surface area (Å²) >= 11 is 19.7. The third-order valence-corrected chi connectivity index (χ3v) is 7.91. The van der Waals surface area contributed by atoms with Crippen LogP contribution in [0.4, 0.5) is 0 Å². The Bertz CT molecular complexity index is 1050. The molecular weight excluding hydrogens is 527 g/mol. The average molecular weight is 554 g/mol. The molecule has 4 atom stereocenters. The number of methoxy groups -OCH3 is 1. The van der Waals surface area contributed by atoms with Crippen LogP contribution in [0.1, 0.15) is 16.7 Å². The Hall–Kier alpha value is -1.28. The van der Waals surface area contributed by atoms with E-state index in [1.165, 1.54) is 0 Å². The molecule has 8 heteroatoms. The summed E-state index contributed by atoms with van der Waals surface area (Å²) in [6.07, 6.45) is -0.491. The van der Waals surface area contributed by atoms with Crippen molar-refractivity contribution in [2.24, 2.45) is 0 Å². The summed E-state index contributed by atoms with van der Waals surface area (Å²) in [5.41, 5.74) is 2.96. The predicted octanol–water partition coefficient (Wildman–Crippen LogP) is 7.42. The fourth-order valence-electron chi connectivity index (χ4n) is 3.81. The normalized spacial score (nSPS) is 21.9. The van der Waals surface area contributed by atoms with Crippen molar-refractivity contribution in [2.75, 3.05) is 13.7 Å². The molecule has 0 aromatic heterocycles. The first kappa shape index (κ1) is 26.8. The molecule has 0 amide bonds. The minimum atomic E-state index is -0.267. The highest BCUT2D eigenvalue weighted by Crippen LogP contribution is 2.39. The van der Waals surface area contributed by atoms with Crippen LogP contribution in [-0.2, 0) is 38.8 Å². The van der Waals surface area contributed by atoms with E-state index in [-0.39, 0.29) is 22.9 Å². The molecule has 1 aliphatic heterocycles. The first-order chi connectivity index (χ1) is 17.0. The van der Waals surface area contributed by atoms with Crippen molar-refractivity contribution in [3.05, 3.63) is 105 Å². The van der Waals surface area contributed by atoms with Gasteiger partial charge >= 0.3 is 0 Å². The molecule has 0 bridgehead atoms. The summed E-state index contributed by atoms with van der Waals surface area (Å²) < 4.78 is 24.6. The molecule has 0 spiro atoms. The van der Waals surface area contributed by atoms with Gasteiger partial charge in [-0.3, -0.25) is 0 Å². The monoisotopic (exact) mass is 552 g/mol. The lowest BCUT2D eigenvalue weighted by molar-refractivity contribution is -0.113. The summed E-state index contributed by atoms with van der Waals surface area (Å²) in [5, 5.41) is 2.14. The number of ether oxygens (including phenoxy) is 4. The maximum atomic E-state index is 6.42. The number of thioether (sulfide) groups is 1. The van der Waals surface area contributed by atoms with Crippen molar-refractivity contribution in [1.29, 1.82) is 0 Å². The summed E-state index contributed by atoms with van der Waals surface area (Å²) in [6.45, 7) is 1.86. The van der Waals surface area contributed by atoms with Gasteiger partial charge in [0.2, 0.25) is 0 Å². The lowest BCUT2D eigenvalue weighted by Gasteiger charge is -2.26. The van der Waals surface area contributed by atoms with E-state index in [1.54, 1.807) is 18.9 Å². The molecule has 0 aliphatic carbocycles. The van der Waals surface area contributed by atoms with E-state index in [9.17, 15) is 0 Å². The van der Waals surface area contributed by atoms with E-state index >= 15 is 0 Å². The van der Waals surface area contributed by atoms with Crippen molar-refractivity contribution in [2.45, 2.75) is 42.7 Å². The van der Waals surface area contributed by atoms with Crippen LogP contribution in [-0.4, -0.2) is 36.6 Å². The Kier molecular flexibility index (Phi) is 10.2. The molecule has 0 N–H and O–H groups in total. The Morgan fingerprint density at radius 1 is 0.629 bits per heavy atom. The van der Waals surface area contributed by atoms with Crippen LogP contribution in [0.15, 0.2) is 72.8 Å². The maximum absolute atomic E-state index is 6.42. The molecule has 35 heavy (non-hydrogen) atoms. The van der Waals surface area contributed by atoms with E-state index < -0.39 is 0 Å². The smallest absolute Gasteiger partial charge is 0.132 e. The summed E-state index contributed by atoms with van der Waals surface area (Å²) in [6, 6.07) is 23.0. The van der Waals surface area contributed by atoms with Crippen LogP contribution in [0.3, 0.4) is 0 Å². The Balaban J connectivity index is 1.43. The number of rotatable bonds is 11. The van der Waals surface area contributed by atoms with Crippen LogP contribution in [0, 0.1) is 0 Å². The first-order valence-electron chi connectivity index (χ1n) is 11.2. The number of halogens is 3. The largest absolute Gasteiger partial charge is 0.376 e. The van der Waals surface area contributed by atoms with Gasteiger partial charge in [-0.2, -0.15) is 0 Å². The lowest BCUT2D eigenvalue weighted by Crippen LogP contribution is -2.39. The molecule has 186 valence electrons. The van der Waals surface area contributed by atoms with Crippen molar-refractivity contribution in [3.8, 4) is 0 Å². The SMILES string of the molecule is COC1S[C@H](COCc2ccc(Cl)cc2)[C@@H](OCc2ccc(Cl)cc2)[C@@H]1OCc1ccc(Cl)cc1. The quantitative estimate of drug-likeness (QED) is 0.247. The Morgan fingerprint density at radius 3 is 1.51 bits per heavy atom. The number of hydrogen-bond donors (Lipinski definition) is 0. The molecule has 4 nitrogen and oxygen atoms in total. The fourth-order valence-corrected chi connectivity index (χ4v) is 5.60. The van der Waals surface area contributed by atoms with Gasteiger partial charge in [-0.25, -0.2) is 0 Å². The van der Waals surface area contributed by atoms with Crippen molar-refractivity contribution in [3.63, 3.8) is 0 Å². The molecule has 3 aromatic carbocycles. The lowest BCUT2D eigenvalue weighted by atomic mass is 10.1. The topological polar surface area (TPSA) is 36.9 Å². The molecule has 0 saturated carbocycles. The first-order valence-corrected chi connectivity index (χ1v) is 13.3. The second-order valence-corrected chi connectivity index (χ2v) is 10.9. The zero-order valence-electron chi connectivity index (χ0n) is 19.2. The standard InChI is InChI=1S/C27H27Cl3O4S/c1-31-27-26(34-16-20-6-12-23(30)13-7-20)25(33-15-19-4-10-22(29)11-5-19)24(35-27)17-32-14-18-2-8-21(28)9-3-18/h2-13,24-27H,14-17H2,1H3/t24-,25-,26+,27?/m1/s1. The molecule has 1 aliphatic rings. The van der Waals surface area contributed by atoms with Gasteiger partial charge in [-0.1, -0.05) is 71.2 Å². The highest BCUT2D eigenvalue weighted by atomic mass is 35.5. The van der Waals surface area contributed by atoms with E-state index in [4.69, 9.17) is 53.8 Å². The average Bonchev–Trinajstić information content (AvgIpc) is 3.21. The van der Waals surface area contributed by atoms with Crippen molar-refractivity contribution < 1.29 is 18.9 Å². The van der Waals surface area contributed by atoms with E-state index in [2.05, 4.69) is 0 Å². The third-order valence-electron chi connectivity index (χ3n) is 5.68. The highest BCUT2D eigenvalue weighted by molar-refractivity contribution is 8.00. The molecule has 1 fully saturated rings. The molecular formula is C27H27Cl3O4S. The molecule has 0 radical (unpaired) electrons. The van der Waals surface area contributed by atoms with Crippen LogP contribution < -0.4 is 0 Å². The maximum Gasteiger partial charge on any atom is 0.132 e. The van der Waals surface area contributed by atoms with Gasteiger partial charge in [0.1, 0.15) is 17.6 Å². The molecule has 3 aromatic rings. The van der Waals surface area contributed by atoms with Crippen LogP contribution in [0.2, 0.25) is 15.1 Å². The van der Waals surface area contributed by atoms with E-state index in [0.29, 0.717) is 41.5 Å². The number of hydrogen-bond acceptors (Lipinski definition) is 5. The van der Waals surface area contributed by atoms with Gasteiger partial charge in [0.25, 0.3) is 0 Å². The zero-order valence-corrected chi connectivity index (χ0v) is 22.3. The van der Waals surface area contributed by atoms with Gasteiger partial charge in [-0.15, -0.1) is 11.8 Å². The van der Waals surface area contributed by atoms with Gasteiger partial charge in [0.15, 0.2) is 0 Å². The minimum absolute atomic E-state index is 0.0368.